The molecular weight excluding hydrogens is 321 g/mol. The van der Waals surface area contributed by atoms with Crippen molar-refractivity contribution in [2.75, 3.05) is 11.5 Å². The van der Waals surface area contributed by atoms with Crippen molar-refractivity contribution in [2.24, 2.45) is 0 Å². The number of carboxylic acid groups (broad SMARTS) is 1. The number of halogens is 2. The first kappa shape index (κ1) is 15.0. The molecule has 3 N–H and O–H groups in total. The Hall–Kier alpha value is -1.37. The average Bonchev–Trinajstić information content (AvgIpc) is 2.70. The van der Waals surface area contributed by atoms with E-state index < -0.39 is 5.97 Å². The summed E-state index contributed by atoms with van der Waals surface area (Å²) >= 11 is 13.1. The predicted octanol–water partition coefficient (Wildman–Crippen LogP) is 3.57. The van der Waals surface area contributed by atoms with Gasteiger partial charge in [-0.1, -0.05) is 30.1 Å². The summed E-state index contributed by atoms with van der Waals surface area (Å²) < 4.78 is 1.35. The highest BCUT2D eigenvalue weighted by Gasteiger charge is 2.22. The molecule has 0 saturated carbocycles. The number of hydrogen-bond acceptors (Lipinski definition) is 4. The fourth-order valence-electron chi connectivity index (χ4n) is 1.66. The molecule has 5 nitrogen and oxygen atoms in total. The van der Waals surface area contributed by atoms with Crippen molar-refractivity contribution < 1.29 is 9.90 Å². The second-order valence-electron chi connectivity index (χ2n) is 3.81. The molecule has 0 unspecified atom stereocenters. The largest absolute Gasteiger partial charge is 0.477 e. The van der Waals surface area contributed by atoms with Crippen LogP contribution < -0.4 is 5.73 Å². The zero-order valence-corrected chi connectivity index (χ0v) is 12.8. The molecule has 0 radical (unpaired) electrons. The number of hydrogen-bond donors (Lipinski definition) is 2. The molecule has 0 aliphatic heterocycles. The van der Waals surface area contributed by atoms with E-state index in [-0.39, 0.29) is 11.4 Å². The minimum atomic E-state index is -1.11. The number of carbonyl (C=O) groups is 1. The van der Waals surface area contributed by atoms with Gasteiger partial charge in [-0.05, 0) is 24.0 Å². The molecule has 0 bridgehead atoms. The zero-order chi connectivity index (χ0) is 14.9. The lowest BCUT2D eigenvalue weighted by molar-refractivity contribution is 0.0694. The van der Waals surface area contributed by atoms with Crippen LogP contribution in [0.2, 0.25) is 10.0 Å². The zero-order valence-electron chi connectivity index (χ0n) is 10.4. The van der Waals surface area contributed by atoms with Crippen LogP contribution in [0.25, 0.3) is 5.69 Å². The number of nitrogens with zero attached hydrogens (tertiary/aromatic N) is 2. The average molecular weight is 332 g/mol. The summed E-state index contributed by atoms with van der Waals surface area (Å²) in [5.41, 5.74) is 6.45. The van der Waals surface area contributed by atoms with Crippen molar-refractivity contribution in [1.29, 1.82) is 0 Å². The first-order valence-corrected chi connectivity index (χ1v) is 7.39. The third-order valence-corrected chi connectivity index (χ3v) is 4.12. The number of aromatic carboxylic acids is 1. The van der Waals surface area contributed by atoms with Crippen LogP contribution in [0.15, 0.2) is 23.2 Å². The van der Waals surface area contributed by atoms with Crippen molar-refractivity contribution in [3.63, 3.8) is 0 Å². The van der Waals surface area contributed by atoms with Gasteiger partial charge in [0.2, 0.25) is 0 Å². The SMILES string of the molecule is CCSc1nn(-c2ccc(Cl)c(Cl)c2)c(N)c1C(=O)O. The second kappa shape index (κ2) is 5.95. The molecule has 0 spiro atoms. The minimum Gasteiger partial charge on any atom is -0.477 e. The van der Waals surface area contributed by atoms with Gasteiger partial charge in [-0.25, -0.2) is 9.48 Å². The molecule has 106 valence electrons. The predicted molar refractivity (Wildman–Crippen MR) is 81.4 cm³/mol. The molecule has 2 rings (SSSR count). The molecule has 2 aromatic rings. The number of aromatic nitrogens is 2. The molecular formula is C12H11Cl2N3O2S. The molecule has 0 aliphatic rings. The van der Waals surface area contributed by atoms with Gasteiger partial charge in [-0.15, -0.1) is 11.8 Å². The van der Waals surface area contributed by atoms with Crippen molar-refractivity contribution in [2.45, 2.75) is 11.9 Å². The van der Waals surface area contributed by atoms with Gasteiger partial charge in [0.25, 0.3) is 0 Å². The Morgan fingerprint density at radius 1 is 1.45 bits per heavy atom. The van der Waals surface area contributed by atoms with E-state index in [4.69, 9.17) is 28.9 Å². The van der Waals surface area contributed by atoms with Gasteiger partial charge < -0.3 is 10.8 Å². The van der Waals surface area contributed by atoms with Gasteiger partial charge in [0.05, 0.1) is 15.7 Å². The molecule has 0 atom stereocenters. The van der Waals surface area contributed by atoms with E-state index in [1.807, 2.05) is 6.92 Å². The number of nitrogen functional groups attached to an aromatic ring is 1. The van der Waals surface area contributed by atoms with Crippen LogP contribution in [-0.4, -0.2) is 26.6 Å². The third kappa shape index (κ3) is 2.72. The summed E-state index contributed by atoms with van der Waals surface area (Å²) in [4.78, 5) is 11.3. The highest BCUT2D eigenvalue weighted by Crippen LogP contribution is 2.30. The smallest absolute Gasteiger partial charge is 0.342 e. The fourth-order valence-corrected chi connectivity index (χ4v) is 2.70. The van der Waals surface area contributed by atoms with E-state index in [9.17, 15) is 9.90 Å². The minimum absolute atomic E-state index is 0.00271. The quantitative estimate of drug-likeness (QED) is 0.837. The van der Waals surface area contributed by atoms with Crippen molar-refractivity contribution in [3.05, 3.63) is 33.8 Å². The molecule has 0 amide bonds. The Morgan fingerprint density at radius 2 is 2.15 bits per heavy atom. The molecule has 0 aliphatic carbocycles. The highest BCUT2D eigenvalue weighted by molar-refractivity contribution is 7.99. The molecule has 1 aromatic heterocycles. The van der Waals surface area contributed by atoms with Crippen LogP contribution in [0.4, 0.5) is 5.82 Å². The van der Waals surface area contributed by atoms with Crippen LogP contribution >= 0.6 is 35.0 Å². The molecule has 0 fully saturated rings. The first-order valence-electron chi connectivity index (χ1n) is 5.65. The van der Waals surface area contributed by atoms with Gasteiger partial charge >= 0.3 is 5.97 Å². The maximum atomic E-state index is 11.3. The van der Waals surface area contributed by atoms with Crippen molar-refractivity contribution in [1.82, 2.24) is 9.78 Å². The Labute approximate surface area is 129 Å². The number of rotatable bonds is 4. The number of benzene rings is 1. The van der Waals surface area contributed by atoms with Crippen LogP contribution in [0.5, 0.6) is 0 Å². The van der Waals surface area contributed by atoms with Crippen LogP contribution in [-0.2, 0) is 0 Å². The lowest BCUT2D eigenvalue weighted by atomic mass is 10.3. The summed E-state index contributed by atoms with van der Waals surface area (Å²) in [5.74, 6) is -0.352. The molecule has 1 heterocycles. The lowest BCUT2D eigenvalue weighted by Gasteiger charge is -2.05. The fraction of sp³-hybridized carbons (Fsp3) is 0.167. The Bertz CT molecular complexity index is 673. The second-order valence-corrected chi connectivity index (χ2v) is 5.88. The monoisotopic (exact) mass is 331 g/mol. The maximum Gasteiger partial charge on any atom is 0.342 e. The number of nitrogens with two attached hydrogens (primary N) is 1. The molecule has 20 heavy (non-hydrogen) atoms. The van der Waals surface area contributed by atoms with Gasteiger partial charge in [0.1, 0.15) is 16.4 Å². The summed E-state index contributed by atoms with van der Waals surface area (Å²) in [7, 11) is 0. The maximum absolute atomic E-state index is 11.3. The number of thioether (sulfide) groups is 1. The summed E-state index contributed by atoms with van der Waals surface area (Å²) in [6.07, 6.45) is 0. The lowest BCUT2D eigenvalue weighted by Crippen LogP contribution is -2.05. The van der Waals surface area contributed by atoms with Gasteiger partial charge in [-0.3, -0.25) is 0 Å². The first-order chi connectivity index (χ1) is 9.45. The van der Waals surface area contributed by atoms with Crippen LogP contribution in [0, 0.1) is 0 Å². The van der Waals surface area contributed by atoms with Gasteiger partial charge in [-0.2, -0.15) is 5.10 Å². The molecule has 1 aromatic carbocycles. The topological polar surface area (TPSA) is 81.1 Å². The number of carboxylic acids is 1. The van der Waals surface area contributed by atoms with Crippen LogP contribution in [0.3, 0.4) is 0 Å². The molecule has 8 heteroatoms. The van der Waals surface area contributed by atoms with E-state index in [1.165, 1.54) is 16.4 Å². The normalized spacial score (nSPS) is 10.8. The van der Waals surface area contributed by atoms with Crippen molar-refractivity contribution >= 4 is 46.8 Å². The van der Waals surface area contributed by atoms with E-state index >= 15 is 0 Å². The van der Waals surface area contributed by atoms with Crippen LogP contribution in [0.1, 0.15) is 17.3 Å². The van der Waals surface area contributed by atoms with Gasteiger partial charge in [0.15, 0.2) is 0 Å². The Balaban J connectivity index is 2.59. The van der Waals surface area contributed by atoms with E-state index in [1.54, 1.807) is 18.2 Å². The molecule has 0 saturated heterocycles. The highest BCUT2D eigenvalue weighted by atomic mass is 35.5. The Morgan fingerprint density at radius 3 is 2.70 bits per heavy atom. The van der Waals surface area contributed by atoms with E-state index in [0.29, 0.717) is 26.5 Å². The van der Waals surface area contributed by atoms with Crippen molar-refractivity contribution in [3.8, 4) is 5.69 Å². The summed E-state index contributed by atoms with van der Waals surface area (Å²) in [5, 5.41) is 14.6. The Kier molecular flexibility index (Phi) is 4.47. The number of anilines is 1. The van der Waals surface area contributed by atoms with E-state index in [0.717, 1.165) is 0 Å². The van der Waals surface area contributed by atoms with Gasteiger partial charge in [0, 0.05) is 0 Å². The standard InChI is InChI=1S/C12H11Cl2N3O2S/c1-2-20-11-9(12(18)19)10(15)17(16-11)6-3-4-7(13)8(14)5-6/h3-5H,2,15H2,1H3,(H,18,19). The van der Waals surface area contributed by atoms with E-state index in [2.05, 4.69) is 5.10 Å². The summed E-state index contributed by atoms with van der Waals surface area (Å²) in [6.45, 7) is 1.91. The summed E-state index contributed by atoms with van der Waals surface area (Å²) in [6, 6.07) is 4.86. The third-order valence-electron chi connectivity index (χ3n) is 2.53.